The summed E-state index contributed by atoms with van der Waals surface area (Å²) in [7, 11) is 0. The fraction of sp³-hybridized carbons (Fsp3) is 0.385. The summed E-state index contributed by atoms with van der Waals surface area (Å²) in [5, 5.41) is 11.0. The second kappa shape index (κ2) is 6.26. The van der Waals surface area contributed by atoms with Crippen LogP contribution in [0.5, 0.6) is 0 Å². The molecule has 1 amide bonds. The first-order chi connectivity index (χ1) is 8.84. The van der Waals surface area contributed by atoms with Crippen LogP contribution in [0.25, 0.3) is 0 Å². The Morgan fingerprint density at radius 1 is 1.37 bits per heavy atom. The van der Waals surface area contributed by atoms with Gasteiger partial charge in [-0.05, 0) is 25.0 Å². The molecule has 1 rings (SSSR count). The minimum atomic E-state index is -0.984. The van der Waals surface area contributed by atoms with Gasteiger partial charge in [0, 0.05) is 6.54 Å². The molecule has 104 valence electrons. The Hall–Kier alpha value is -1.98. The van der Waals surface area contributed by atoms with E-state index < -0.39 is 35.0 Å². The fourth-order valence-corrected chi connectivity index (χ4v) is 1.48. The van der Waals surface area contributed by atoms with Gasteiger partial charge in [-0.2, -0.15) is 0 Å². The van der Waals surface area contributed by atoms with E-state index in [9.17, 15) is 18.4 Å². The van der Waals surface area contributed by atoms with E-state index in [0.717, 1.165) is 6.07 Å². The average molecular weight is 271 g/mol. The number of aryl methyl sites for hydroxylation is 1. The Labute approximate surface area is 109 Å². The van der Waals surface area contributed by atoms with Crippen molar-refractivity contribution < 1.29 is 23.5 Å². The van der Waals surface area contributed by atoms with Gasteiger partial charge < -0.3 is 10.4 Å². The van der Waals surface area contributed by atoms with Crippen LogP contribution in [0.1, 0.15) is 29.3 Å². The second-order valence-electron chi connectivity index (χ2n) is 4.34. The minimum absolute atomic E-state index is 0.0408. The SMILES string of the molecule is Cc1ccc(F)c(C(=O)NCCC(C)C(=O)O)c1F. The summed E-state index contributed by atoms with van der Waals surface area (Å²) in [4.78, 5) is 22.2. The van der Waals surface area contributed by atoms with Crippen molar-refractivity contribution in [2.24, 2.45) is 5.92 Å². The maximum Gasteiger partial charge on any atom is 0.306 e. The van der Waals surface area contributed by atoms with Gasteiger partial charge in [-0.3, -0.25) is 9.59 Å². The number of aliphatic carboxylic acids is 1. The quantitative estimate of drug-likeness (QED) is 0.862. The number of hydrogen-bond acceptors (Lipinski definition) is 2. The van der Waals surface area contributed by atoms with Crippen LogP contribution in [0.3, 0.4) is 0 Å². The van der Waals surface area contributed by atoms with Gasteiger partial charge in [-0.25, -0.2) is 8.78 Å². The van der Waals surface area contributed by atoms with Gasteiger partial charge in [-0.1, -0.05) is 13.0 Å². The molecule has 0 spiro atoms. The van der Waals surface area contributed by atoms with Crippen LogP contribution >= 0.6 is 0 Å². The zero-order chi connectivity index (χ0) is 14.6. The van der Waals surface area contributed by atoms with Crippen LogP contribution in [0.2, 0.25) is 0 Å². The smallest absolute Gasteiger partial charge is 0.306 e. The molecule has 0 aliphatic rings. The number of carbonyl (C=O) groups excluding carboxylic acids is 1. The second-order valence-corrected chi connectivity index (χ2v) is 4.34. The first-order valence-corrected chi connectivity index (χ1v) is 5.80. The molecule has 0 aromatic heterocycles. The molecular formula is C13H15F2NO3. The Balaban J connectivity index is 2.69. The number of benzene rings is 1. The van der Waals surface area contributed by atoms with Crippen LogP contribution in [0.4, 0.5) is 8.78 Å². The van der Waals surface area contributed by atoms with E-state index in [1.54, 1.807) is 0 Å². The fourth-order valence-electron chi connectivity index (χ4n) is 1.48. The number of rotatable bonds is 5. The van der Waals surface area contributed by atoms with Crippen molar-refractivity contribution in [3.05, 3.63) is 34.9 Å². The maximum absolute atomic E-state index is 13.6. The summed E-state index contributed by atoms with van der Waals surface area (Å²) in [6, 6.07) is 2.27. The highest BCUT2D eigenvalue weighted by Gasteiger charge is 2.19. The molecule has 0 heterocycles. The van der Waals surface area contributed by atoms with E-state index in [1.807, 2.05) is 0 Å². The van der Waals surface area contributed by atoms with Gasteiger partial charge in [0.25, 0.3) is 5.91 Å². The lowest BCUT2D eigenvalue weighted by Gasteiger charge is -2.10. The van der Waals surface area contributed by atoms with Crippen molar-refractivity contribution in [3.63, 3.8) is 0 Å². The summed E-state index contributed by atoms with van der Waals surface area (Å²) in [5.74, 6) is -4.33. The van der Waals surface area contributed by atoms with E-state index in [4.69, 9.17) is 5.11 Å². The summed E-state index contributed by atoms with van der Waals surface area (Å²) in [5.41, 5.74) is -0.464. The Morgan fingerprint density at radius 2 is 2.00 bits per heavy atom. The van der Waals surface area contributed by atoms with Gasteiger partial charge >= 0.3 is 5.97 Å². The molecule has 0 saturated carbocycles. The van der Waals surface area contributed by atoms with E-state index >= 15 is 0 Å². The van der Waals surface area contributed by atoms with Crippen molar-refractivity contribution in [1.82, 2.24) is 5.32 Å². The third-order valence-corrected chi connectivity index (χ3v) is 2.80. The van der Waals surface area contributed by atoms with Crippen molar-refractivity contribution >= 4 is 11.9 Å². The maximum atomic E-state index is 13.6. The number of carboxylic acids is 1. The molecule has 0 bridgehead atoms. The molecule has 2 N–H and O–H groups in total. The highest BCUT2D eigenvalue weighted by atomic mass is 19.1. The molecule has 1 atom stereocenters. The van der Waals surface area contributed by atoms with Crippen molar-refractivity contribution in [2.45, 2.75) is 20.3 Å². The van der Waals surface area contributed by atoms with Gasteiger partial charge in [0.1, 0.15) is 17.2 Å². The van der Waals surface area contributed by atoms with E-state index in [0.29, 0.717) is 0 Å². The third-order valence-electron chi connectivity index (χ3n) is 2.80. The van der Waals surface area contributed by atoms with Crippen LogP contribution in [0, 0.1) is 24.5 Å². The number of carbonyl (C=O) groups is 2. The van der Waals surface area contributed by atoms with E-state index in [-0.39, 0.29) is 18.5 Å². The highest BCUT2D eigenvalue weighted by molar-refractivity contribution is 5.95. The topological polar surface area (TPSA) is 66.4 Å². The predicted molar refractivity (Wildman–Crippen MR) is 64.8 cm³/mol. The molecule has 4 nitrogen and oxygen atoms in total. The zero-order valence-electron chi connectivity index (χ0n) is 10.7. The molecule has 1 aromatic rings. The Kier molecular flexibility index (Phi) is 4.97. The highest BCUT2D eigenvalue weighted by Crippen LogP contribution is 2.16. The average Bonchev–Trinajstić information content (AvgIpc) is 2.34. The molecule has 0 aliphatic carbocycles. The lowest BCUT2D eigenvalue weighted by atomic mass is 10.1. The molecule has 19 heavy (non-hydrogen) atoms. The lowest BCUT2D eigenvalue weighted by molar-refractivity contribution is -0.141. The number of halogens is 2. The van der Waals surface area contributed by atoms with Crippen molar-refractivity contribution in [1.29, 1.82) is 0 Å². The van der Waals surface area contributed by atoms with Crippen LogP contribution in [0.15, 0.2) is 12.1 Å². The number of carboxylic acid groups (broad SMARTS) is 1. The summed E-state index contributed by atoms with van der Waals surface area (Å²) < 4.78 is 27.0. The summed E-state index contributed by atoms with van der Waals surface area (Å²) >= 11 is 0. The lowest BCUT2D eigenvalue weighted by Crippen LogP contribution is -2.28. The number of hydrogen-bond donors (Lipinski definition) is 2. The predicted octanol–water partition coefficient (Wildman–Crippen LogP) is 2.11. The first kappa shape index (κ1) is 15.1. The molecule has 6 heteroatoms. The van der Waals surface area contributed by atoms with E-state index in [2.05, 4.69) is 5.32 Å². The van der Waals surface area contributed by atoms with Gasteiger partial charge in [-0.15, -0.1) is 0 Å². The zero-order valence-corrected chi connectivity index (χ0v) is 10.7. The van der Waals surface area contributed by atoms with Gasteiger partial charge in [0.15, 0.2) is 0 Å². The van der Waals surface area contributed by atoms with Crippen LogP contribution in [-0.2, 0) is 4.79 Å². The van der Waals surface area contributed by atoms with Crippen molar-refractivity contribution in [3.8, 4) is 0 Å². The number of amides is 1. The van der Waals surface area contributed by atoms with Gasteiger partial charge in [0.05, 0.1) is 5.92 Å². The molecule has 0 aliphatic heterocycles. The summed E-state index contributed by atoms with van der Waals surface area (Å²) in [6.07, 6.45) is 0.191. The summed E-state index contributed by atoms with van der Waals surface area (Å²) in [6.45, 7) is 2.96. The molecular weight excluding hydrogens is 256 g/mol. The molecule has 0 saturated heterocycles. The molecule has 0 radical (unpaired) electrons. The van der Waals surface area contributed by atoms with Gasteiger partial charge in [0.2, 0.25) is 0 Å². The number of nitrogens with one attached hydrogen (secondary N) is 1. The van der Waals surface area contributed by atoms with Crippen LogP contribution in [-0.4, -0.2) is 23.5 Å². The molecule has 1 aromatic carbocycles. The van der Waals surface area contributed by atoms with Crippen molar-refractivity contribution in [2.75, 3.05) is 6.54 Å². The third kappa shape index (κ3) is 3.74. The largest absolute Gasteiger partial charge is 0.481 e. The Bertz CT molecular complexity index is 503. The minimum Gasteiger partial charge on any atom is -0.481 e. The monoisotopic (exact) mass is 271 g/mol. The Morgan fingerprint density at radius 3 is 2.58 bits per heavy atom. The van der Waals surface area contributed by atoms with Crippen LogP contribution < -0.4 is 5.32 Å². The normalized spacial score (nSPS) is 12.0. The molecule has 1 unspecified atom stereocenters. The standard InChI is InChI=1S/C13H15F2NO3/c1-7-3-4-9(14)10(11(7)15)12(17)16-6-5-8(2)13(18)19/h3-4,8H,5-6H2,1-2H3,(H,16,17)(H,18,19). The molecule has 0 fully saturated rings. The van der Waals surface area contributed by atoms with E-state index in [1.165, 1.54) is 19.9 Å². The first-order valence-electron chi connectivity index (χ1n) is 5.80.